The standard InChI is InChI=1S/C14H11N3O5/c1-22-12(19)6-10(11(18)7-16-15)17-13(20)8-4-2-3-5-9(8)14(17)21/h2-5,7,10H,6H2,1H3/p+1/b11-7-. The Kier molecular flexibility index (Phi) is 4.18. The number of fused-ring (bicyclic) bond motifs is 1. The van der Waals surface area contributed by atoms with E-state index in [9.17, 15) is 19.5 Å². The van der Waals surface area contributed by atoms with Gasteiger partial charge in [0.1, 0.15) is 6.04 Å². The summed E-state index contributed by atoms with van der Waals surface area (Å²) in [6.07, 6.45) is 0.191. The van der Waals surface area contributed by atoms with Crippen molar-refractivity contribution < 1.29 is 24.2 Å². The number of aliphatic hydroxyl groups excluding tert-OH is 1. The Morgan fingerprint density at radius 2 is 1.91 bits per heavy atom. The maximum absolute atomic E-state index is 12.3. The summed E-state index contributed by atoms with van der Waals surface area (Å²) < 4.78 is 4.50. The smallest absolute Gasteiger partial charge is 0.389 e. The lowest BCUT2D eigenvalue weighted by Gasteiger charge is -2.23. The Balaban J connectivity index is 2.44. The molecule has 1 atom stereocenters. The van der Waals surface area contributed by atoms with E-state index in [0.29, 0.717) is 6.20 Å². The number of esters is 1. The second-order valence-electron chi connectivity index (χ2n) is 4.49. The molecule has 0 saturated carbocycles. The Bertz CT molecular complexity index is 684. The van der Waals surface area contributed by atoms with Crippen molar-refractivity contribution in [3.8, 4) is 0 Å². The van der Waals surface area contributed by atoms with Crippen molar-refractivity contribution in [2.24, 2.45) is 0 Å². The van der Waals surface area contributed by atoms with Crippen molar-refractivity contribution in [3.63, 3.8) is 0 Å². The summed E-state index contributed by atoms with van der Waals surface area (Å²) in [6, 6.07) is 4.84. The zero-order valence-corrected chi connectivity index (χ0v) is 11.6. The molecule has 1 N–H and O–H groups in total. The third-order valence-corrected chi connectivity index (χ3v) is 3.26. The Hall–Kier alpha value is -3.21. The number of aliphatic hydroxyl groups is 1. The fourth-order valence-electron chi connectivity index (χ4n) is 2.21. The van der Waals surface area contributed by atoms with Gasteiger partial charge in [-0.05, 0) is 12.1 Å². The molecule has 0 saturated heterocycles. The predicted octanol–water partition coefficient (Wildman–Crippen LogP) is 1.47. The number of methoxy groups -OCH3 is 1. The SMILES string of the molecule is COC(=O)CC(/C(O)=C/[N+]#N)N1C(=O)c2ccccc2C1=O. The van der Waals surface area contributed by atoms with Gasteiger partial charge in [-0.25, -0.2) is 0 Å². The van der Waals surface area contributed by atoms with E-state index in [4.69, 9.17) is 5.39 Å². The van der Waals surface area contributed by atoms with Gasteiger partial charge in [0.2, 0.25) is 11.2 Å². The van der Waals surface area contributed by atoms with Crippen molar-refractivity contribution in [1.82, 2.24) is 4.90 Å². The molecule has 1 unspecified atom stereocenters. The maximum atomic E-state index is 12.3. The fraction of sp³-hybridized carbons (Fsp3) is 0.214. The highest BCUT2D eigenvalue weighted by molar-refractivity contribution is 6.21. The monoisotopic (exact) mass is 302 g/mol. The number of carbonyl (C=O) groups is 3. The number of diazo groups is 1. The van der Waals surface area contributed by atoms with Gasteiger partial charge in [-0.3, -0.25) is 19.3 Å². The predicted molar refractivity (Wildman–Crippen MR) is 73.2 cm³/mol. The van der Waals surface area contributed by atoms with Crippen LogP contribution in [0.1, 0.15) is 27.1 Å². The first-order chi connectivity index (χ1) is 10.5. The molecule has 22 heavy (non-hydrogen) atoms. The van der Waals surface area contributed by atoms with E-state index in [1.807, 2.05) is 0 Å². The number of nitrogens with zero attached hydrogens (tertiary/aromatic N) is 3. The van der Waals surface area contributed by atoms with E-state index in [0.717, 1.165) is 12.0 Å². The largest absolute Gasteiger partial charge is 0.504 e. The number of benzene rings is 1. The van der Waals surface area contributed by atoms with Gasteiger partial charge < -0.3 is 9.84 Å². The number of imide groups is 1. The zero-order valence-electron chi connectivity index (χ0n) is 11.6. The quantitative estimate of drug-likeness (QED) is 0.390. The van der Waals surface area contributed by atoms with Crippen molar-refractivity contribution in [2.45, 2.75) is 12.5 Å². The highest BCUT2D eigenvalue weighted by Crippen LogP contribution is 2.28. The molecule has 0 bridgehead atoms. The maximum Gasteiger partial charge on any atom is 0.389 e. The molecule has 8 heteroatoms. The van der Waals surface area contributed by atoms with Gasteiger partial charge in [-0.15, -0.1) is 0 Å². The minimum Gasteiger partial charge on any atom is -0.504 e. The third kappa shape index (κ3) is 2.52. The van der Waals surface area contributed by atoms with E-state index in [1.54, 1.807) is 12.1 Å². The van der Waals surface area contributed by atoms with Gasteiger partial charge in [0.05, 0.1) is 24.7 Å². The first-order valence-electron chi connectivity index (χ1n) is 6.28. The van der Waals surface area contributed by atoms with E-state index in [-0.39, 0.29) is 11.1 Å². The molecule has 0 aliphatic carbocycles. The van der Waals surface area contributed by atoms with Gasteiger partial charge in [-0.2, -0.15) is 0 Å². The van der Waals surface area contributed by atoms with Crippen LogP contribution in [0.15, 0.2) is 36.2 Å². The molecule has 0 spiro atoms. The van der Waals surface area contributed by atoms with Crippen molar-refractivity contribution in [3.05, 3.63) is 52.3 Å². The molecule has 112 valence electrons. The zero-order chi connectivity index (χ0) is 16.3. The number of ether oxygens (including phenoxy) is 1. The minimum absolute atomic E-state index is 0.177. The molecular formula is C14H12N3O5+. The molecule has 1 heterocycles. The van der Waals surface area contributed by atoms with Gasteiger partial charge in [0.15, 0.2) is 4.98 Å². The van der Waals surface area contributed by atoms with E-state index in [1.165, 1.54) is 12.1 Å². The summed E-state index contributed by atoms with van der Waals surface area (Å²) >= 11 is 0. The first kappa shape index (κ1) is 15.2. The number of hydrogen-bond donors (Lipinski definition) is 1. The average Bonchev–Trinajstić information content (AvgIpc) is 2.77. The van der Waals surface area contributed by atoms with E-state index < -0.39 is 36.0 Å². The Morgan fingerprint density at radius 3 is 2.36 bits per heavy atom. The van der Waals surface area contributed by atoms with Crippen LogP contribution in [-0.4, -0.2) is 40.9 Å². The van der Waals surface area contributed by atoms with Crippen LogP contribution in [0.3, 0.4) is 0 Å². The summed E-state index contributed by atoms with van der Waals surface area (Å²) in [6.45, 7) is 0. The van der Waals surface area contributed by atoms with E-state index >= 15 is 0 Å². The fourth-order valence-corrected chi connectivity index (χ4v) is 2.21. The van der Waals surface area contributed by atoms with Crippen molar-refractivity contribution in [1.29, 1.82) is 5.39 Å². The van der Waals surface area contributed by atoms with Crippen molar-refractivity contribution in [2.75, 3.05) is 7.11 Å². The second kappa shape index (κ2) is 6.05. The van der Waals surface area contributed by atoms with Gasteiger partial charge in [-0.1, -0.05) is 12.1 Å². The average molecular weight is 302 g/mol. The third-order valence-electron chi connectivity index (χ3n) is 3.26. The van der Waals surface area contributed by atoms with Crippen LogP contribution >= 0.6 is 0 Å². The first-order valence-corrected chi connectivity index (χ1v) is 6.28. The normalized spacial score (nSPS) is 15.3. The van der Waals surface area contributed by atoms with Crippen LogP contribution in [-0.2, 0) is 9.53 Å². The summed E-state index contributed by atoms with van der Waals surface area (Å²) in [7, 11) is 1.14. The Labute approximate surface area is 125 Å². The summed E-state index contributed by atoms with van der Waals surface area (Å²) in [5.74, 6) is -2.64. The molecule has 1 aromatic rings. The molecular weight excluding hydrogens is 290 g/mol. The van der Waals surface area contributed by atoms with Crippen LogP contribution in [0.5, 0.6) is 0 Å². The topological polar surface area (TPSA) is 112 Å². The molecule has 8 nitrogen and oxygen atoms in total. The lowest BCUT2D eigenvalue weighted by Crippen LogP contribution is -2.42. The minimum atomic E-state index is -1.31. The Morgan fingerprint density at radius 1 is 1.36 bits per heavy atom. The molecule has 1 aliphatic heterocycles. The van der Waals surface area contributed by atoms with Gasteiger partial charge >= 0.3 is 12.2 Å². The lowest BCUT2D eigenvalue weighted by molar-refractivity contribution is -0.141. The molecule has 0 radical (unpaired) electrons. The van der Waals surface area contributed by atoms with Crippen LogP contribution in [0.4, 0.5) is 0 Å². The molecule has 0 aromatic heterocycles. The number of hydrogen-bond acceptors (Lipinski definition) is 6. The number of carbonyl (C=O) groups excluding carboxylic acids is 3. The van der Waals surface area contributed by atoms with Crippen LogP contribution in [0, 0.1) is 5.39 Å². The summed E-state index contributed by atoms with van der Waals surface area (Å²) in [4.78, 5) is 39.6. The molecule has 1 aliphatic rings. The second-order valence-corrected chi connectivity index (χ2v) is 4.49. The molecule has 0 fully saturated rings. The highest BCUT2D eigenvalue weighted by atomic mass is 16.5. The van der Waals surface area contributed by atoms with E-state index in [2.05, 4.69) is 9.71 Å². The van der Waals surface area contributed by atoms with Crippen LogP contribution < -0.4 is 0 Å². The summed E-state index contributed by atoms with van der Waals surface area (Å²) in [5, 5.41) is 18.4. The van der Waals surface area contributed by atoms with Crippen LogP contribution in [0.2, 0.25) is 0 Å². The van der Waals surface area contributed by atoms with Crippen LogP contribution in [0.25, 0.3) is 4.98 Å². The lowest BCUT2D eigenvalue weighted by atomic mass is 10.1. The summed E-state index contributed by atoms with van der Waals surface area (Å²) in [5.41, 5.74) is 0.354. The molecule has 2 rings (SSSR count). The molecule has 1 aromatic carbocycles. The van der Waals surface area contributed by atoms with Crippen molar-refractivity contribution >= 4 is 17.8 Å². The van der Waals surface area contributed by atoms with Gasteiger partial charge in [0, 0.05) is 0 Å². The molecule has 2 amide bonds. The number of rotatable bonds is 4. The highest BCUT2D eigenvalue weighted by Gasteiger charge is 2.43. The van der Waals surface area contributed by atoms with Gasteiger partial charge in [0.25, 0.3) is 11.8 Å². The number of amides is 2.